The largest absolute Gasteiger partial charge is 0.353 e. The Morgan fingerprint density at radius 1 is 1.04 bits per heavy atom. The van der Waals surface area contributed by atoms with Crippen LogP contribution in [0.25, 0.3) is 10.1 Å². The van der Waals surface area contributed by atoms with Gasteiger partial charge in [0.1, 0.15) is 10.8 Å². The second-order valence-corrected chi connectivity index (χ2v) is 8.75. The van der Waals surface area contributed by atoms with Gasteiger partial charge in [0.25, 0.3) is 0 Å². The van der Waals surface area contributed by atoms with E-state index in [4.69, 9.17) is 28.2 Å². The van der Waals surface area contributed by atoms with E-state index in [9.17, 15) is 0 Å². The van der Waals surface area contributed by atoms with Crippen molar-refractivity contribution in [2.45, 2.75) is 0 Å². The van der Waals surface area contributed by atoms with Crippen LogP contribution in [-0.2, 0) is 0 Å². The number of fused-ring (bicyclic) bond motifs is 4. The van der Waals surface area contributed by atoms with Crippen molar-refractivity contribution in [1.29, 1.82) is 0 Å². The van der Waals surface area contributed by atoms with Crippen LogP contribution in [0, 0.1) is 0 Å². The molecule has 1 aromatic heterocycles. The third-order valence-corrected chi connectivity index (χ3v) is 7.05. The lowest BCUT2D eigenvalue weighted by Gasteiger charge is -2.34. The number of piperazine rings is 1. The smallest absolute Gasteiger partial charge is 0.140 e. The van der Waals surface area contributed by atoms with E-state index in [2.05, 4.69) is 46.4 Å². The number of rotatable bonds is 0. The molecule has 0 aliphatic carbocycles. The number of benzene rings is 2. The van der Waals surface area contributed by atoms with Gasteiger partial charge in [0.15, 0.2) is 0 Å². The minimum absolute atomic E-state index is 0.515. The van der Waals surface area contributed by atoms with Crippen molar-refractivity contribution < 1.29 is 0 Å². The van der Waals surface area contributed by atoms with Crippen LogP contribution in [0.5, 0.6) is 0 Å². The quantitative estimate of drug-likeness (QED) is 0.517. The maximum atomic E-state index is 6.52. The molecule has 0 unspecified atom stereocenters. The Labute approximate surface area is 172 Å². The number of hydrogen-bond acceptors (Lipinski definition) is 5. The number of nitrogens with one attached hydrogen (secondary N) is 1. The third kappa shape index (κ3) is 2.90. The minimum atomic E-state index is 0.515. The van der Waals surface area contributed by atoms with Gasteiger partial charge in [0.2, 0.25) is 0 Å². The Kier molecular flexibility index (Phi) is 4.28. The summed E-state index contributed by atoms with van der Waals surface area (Å²) >= 11 is 14.5. The van der Waals surface area contributed by atoms with Gasteiger partial charge < -0.3 is 15.1 Å². The van der Waals surface area contributed by atoms with E-state index in [1.807, 2.05) is 12.1 Å². The fourth-order valence-electron chi connectivity index (χ4n) is 3.64. The van der Waals surface area contributed by atoms with Gasteiger partial charge in [-0.2, -0.15) is 0 Å². The van der Waals surface area contributed by atoms with E-state index >= 15 is 0 Å². The number of amidine groups is 1. The maximum Gasteiger partial charge on any atom is 0.140 e. The molecule has 27 heavy (non-hydrogen) atoms. The number of aliphatic imine (C=N–C) groups is 1. The van der Waals surface area contributed by atoms with Crippen LogP contribution < -0.4 is 5.32 Å². The summed E-state index contributed by atoms with van der Waals surface area (Å²) in [6, 6.07) is 12.2. The number of likely N-dealkylation sites (N-methyl/N-ethyl adjacent to an activating group) is 1. The first-order valence-corrected chi connectivity index (χ1v) is 10.5. The Bertz CT molecular complexity index is 1070. The van der Waals surface area contributed by atoms with E-state index in [0.717, 1.165) is 54.0 Å². The van der Waals surface area contributed by atoms with Crippen LogP contribution in [0.4, 0.5) is 16.4 Å². The highest BCUT2D eigenvalue weighted by Crippen LogP contribution is 2.47. The highest BCUT2D eigenvalue weighted by atomic mass is 35.5. The fourth-order valence-corrected chi connectivity index (χ4v) is 5.11. The van der Waals surface area contributed by atoms with Gasteiger partial charge in [-0.25, -0.2) is 4.99 Å². The molecular formula is C20H18Cl2N4S. The molecule has 0 radical (unpaired) electrons. The molecule has 1 N–H and O–H groups in total. The predicted octanol–water partition coefficient (Wildman–Crippen LogP) is 5.59. The zero-order valence-corrected chi connectivity index (χ0v) is 17.1. The van der Waals surface area contributed by atoms with Gasteiger partial charge in [0.05, 0.1) is 27.0 Å². The summed E-state index contributed by atoms with van der Waals surface area (Å²) in [6.45, 7) is 3.96. The number of thiophene rings is 1. The van der Waals surface area contributed by atoms with Crippen molar-refractivity contribution in [3.05, 3.63) is 52.0 Å². The van der Waals surface area contributed by atoms with Crippen molar-refractivity contribution in [3.63, 3.8) is 0 Å². The van der Waals surface area contributed by atoms with Crippen molar-refractivity contribution in [1.82, 2.24) is 9.80 Å². The zero-order chi connectivity index (χ0) is 18.5. The van der Waals surface area contributed by atoms with Gasteiger partial charge in [0, 0.05) is 36.3 Å². The lowest BCUT2D eigenvalue weighted by Crippen LogP contribution is -2.47. The first-order valence-electron chi connectivity index (χ1n) is 8.91. The van der Waals surface area contributed by atoms with Gasteiger partial charge in [-0.05, 0) is 25.2 Å². The molecule has 5 rings (SSSR count). The van der Waals surface area contributed by atoms with E-state index in [0.29, 0.717) is 10.0 Å². The molecule has 4 nitrogen and oxygen atoms in total. The van der Waals surface area contributed by atoms with E-state index < -0.39 is 0 Å². The molecule has 2 aliphatic heterocycles. The molecular weight excluding hydrogens is 399 g/mol. The number of hydrogen-bond donors (Lipinski definition) is 1. The Morgan fingerprint density at radius 3 is 2.63 bits per heavy atom. The number of halogens is 2. The lowest BCUT2D eigenvalue weighted by atomic mass is 10.1. The maximum absolute atomic E-state index is 6.52. The monoisotopic (exact) mass is 416 g/mol. The first-order chi connectivity index (χ1) is 13.1. The van der Waals surface area contributed by atoms with Crippen LogP contribution in [0.1, 0.15) is 5.56 Å². The summed E-state index contributed by atoms with van der Waals surface area (Å²) < 4.78 is 1.23. The molecule has 2 aromatic carbocycles. The Hall–Kier alpha value is -1.79. The summed E-state index contributed by atoms with van der Waals surface area (Å²) in [6.07, 6.45) is 0. The first kappa shape index (κ1) is 17.3. The minimum Gasteiger partial charge on any atom is -0.353 e. The van der Waals surface area contributed by atoms with E-state index in [1.165, 1.54) is 10.1 Å². The summed E-state index contributed by atoms with van der Waals surface area (Å²) in [5, 5.41) is 6.86. The summed E-state index contributed by atoms with van der Waals surface area (Å²) in [5.74, 6) is 1.01. The molecule has 1 fully saturated rings. The number of anilines is 2. The fraction of sp³-hybridized carbons (Fsp3) is 0.250. The molecule has 3 aromatic rings. The Morgan fingerprint density at radius 2 is 1.81 bits per heavy atom. The molecule has 138 valence electrons. The van der Waals surface area contributed by atoms with Crippen molar-refractivity contribution in [3.8, 4) is 0 Å². The molecule has 0 spiro atoms. The summed E-state index contributed by atoms with van der Waals surface area (Å²) in [5.41, 5.74) is 2.76. The average molecular weight is 417 g/mol. The molecule has 3 heterocycles. The van der Waals surface area contributed by atoms with E-state index in [1.54, 1.807) is 11.3 Å². The topological polar surface area (TPSA) is 30.9 Å². The molecule has 1 saturated heterocycles. The van der Waals surface area contributed by atoms with E-state index in [-0.39, 0.29) is 0 Å². The number of nitrogens with zero attached hydrogens (tertiary/aromatic N) is 3. The van der Waals surface area contributed by atoms with Gasteiger partial charge >= 0.3 is 0 Å². The normalized spacial score (nSPS) is 17.1. The van der Waals surface area contributed by atoms with Crippen LogP contribution in [-0.4, -0.2) is 48.9 Å². The van der Waals surface area contributed by atoms with Crippen molar-refractivity contribution in [2.24, 2.45) is 4.99 Å². The third-order valence-electron chi connectivity index (χ3n) is 5.16. The second kappa shape index (κ2) is 6.67. The van der Waals surface area contributed by atoms with Gasteiger partial charge in [-0.1, -0.05) is 41.4 Å². The van der Waals surface area contributed by atoms with Crippen molar-refractivity contribution >= 4 is 66.8 Å². The van der Waals surface area contributed by atoms with Gasteiger partial charge in [-0.3, -0.25) is 0 Å². The molecule has 0 saturated carbocycles. The molecule has 7 heteroatoms. The lowest BCUT2D eigenvalue weighted by molar-refractivity contribution is 0.216. The molecule has 0 atom stereocenters. The summed E-state index contributed by atoms with van der Waals surface area (Å²) in [7, 11) is 2.16. The SMILES string of the molecule is CN1CCN(C2=Nc3ccc(Cl)c(Cl)c3Nc3sc4ccccc4c32)CC1. The second-order valence-electron chi connectivity index (χ2n) is 6.91. The highest BCUT2D eigenvalue weighted by Gasteiger charge is 2.28. The average Bonchev–Trinajstić information content (AvgIpc) is 2.95. The van der Waals surface area contributed by atoms with Crippen LogP contribution in [0.15, 0.2) is 41.4 Å². The molecule has 0 bridgehead atoms. The molecule has 2 aliphatic rings. The summed E-state index contributed by atoms with van der Waals surface area (Å²) in [4.78, 5) is 9.82. The molecule has 0 amide bonds. The predicted molar refractivity (Wildman–Crippen MR) is 117 cm³/mol. The Balaban J connectivity index is 1.75. The standard InChI is InChI=1S/C20H18Cl2N4S/c1-25-8-10-26(11-9-25)19-16-12-4-2-3-5-15(12)27-20(16)24-18-14(23-19)7-6-13(21)17(18)22/h2-7,24H,8-11H2,1H3. The van der Waals surface area contributed by atoms with Crippen LogP contribution in [0.3, 0.4) is 0 Å². The zero-order valence-electron chi connectivity index (χ0n) is 14.8. The van der Waals surface area contributed by atoms with Gasteiger partial charge in [-0.15, -0.1) is 11.3 Å². The van der Waals surface area contributed by atoms with Crippen LogP contribution in [0.2, 0.25) is 10.0 Å². The van der Waals surface area contributed by atoms with Crippen molar-refractivity contribution in [2.75, 3.05) is 38.5 Å². The van der Waals surface area contributed by atoms with Crippen LogP contribution >= 0.6 is 34.5 Å². The highest BCUT2D eigenvalue weighted by molar-refractivity contribution is 7.23.